The van der Waals surface area contributed by atoms with Gasteiger partial charge in [0.1, 0.15) is 23.2 Å². The van der Waals surface area contributed by atoms with E-state index >= 15 is 0 Å². The van der Waals surface area contributed by atoms with Crippen molar-refractivity contribution in [2.75, 3.05) is 0 Å². The predicted octanol–water partition coefficient (Wildman–Crippen LogP) is 5.57. The highest BCUT2D eigenvalue weighted by Crippen LogP contribution is 2.48. The molecule has 0 spiro atoms. The van der Waals surface area contributed by atoms with E-state index in [1.807, 2.05) is 62.4 Å². The van der Waals surface area contributed by atoms with Gasteiger partial charge < -0.3 is 15.5 Å². The van der Waals surface area contributed by atoms with E-state index in [4.69, 9.17) is 27.1 Å². The molecule has 0 fully saturated rings. The monoisotopic (exact) mass is 507 g/mol. The number of halogens is 1. The van der Waals surface area contributed by atoms with E-state index in [9.17, 15) is 10.1 Å². The summed E-state index contributed by atoms with van der Waals surface area (Å²) >= 11 is 6.37. The largest absolute Gasteiger partial charge is 0.440 e. The van der Waals surface area contributed by atoms with Crippen LogP contribution < -0.4 is 16.0 Å². The van der Waals surface area contributed by atoms with E-state index in [0.29, 0.717) is 33.1 Å². The molecule has 2 aromatic heterocycles. The van der Waals surface area contributed by atoms with Crippen molar-refractivity contribution in [2.45, 2.75) is 19.8 Å². The van der Waals surface area contributed by atoms with Gasteiger partial charge in [-0.05, 0) is 67.4 Å². The second kappa shape index (κ2) is 8.26. The molecule has 3 aromatic carbocycles. The SMILES string of the molecule is Cc1cc(-c2nc3ccccc3c(=O)n2C)cc2c1OC(N)=C(C#N)C2c1c(C)[nH]c2ccc(Cl)cc12. The van der Waals surface area contributed by atoms with Crippen LogP contribution in [-0.2, 0) is 7.05 Å². The van der Waals surface area contributed by atoms with Gasteiger partial charge in [0, 0.05) is 39.8 Å². The van der Waals surface area contributed by atoms with Crippen molar-refractivity contribution in [3.8, 4) is 23.2 Å². The summed E-state index contributed by atoms with van der Waals surface area (Å²) < 4.78 is 7.54. The molecule has 0 saturated heterocycles. The van der Waals surface area contributed by atoms with Gasteiger partial charge in [-0.15, -0.1) is 0 Å². The topological polar surface area (TPSA) is 110 Å². The number of aromatic nitrogens is 3. The summed E-state index contributed by atoms with van der Waals surface area (Å²) in [6, 6.07) is 19.1. The Labute approximate surface area is 217 Å². The lowest BCUT2D eigenvalue weighted by atomic mass is 9.80. The van der Waals surface area contributed by atoms with Crippen molar-refractivity contribution in [1.29, 1.82) is 5.26 Å². The maximum Gasteiger partial charge on any atom is 0.261 e. The zero-order valence-corrected chi connectivity index (χ0v) is 21.1. The molecule has 7 nitrogen and oxygen atoms in total. The number of fused-ring (bicyclic) bond motifs is 3. The Morgan fingerprint density at radius 3 is 2.70 bits per heavy atom. The summed E-state index contributed by atoms with van der Waals surface area (Å²) in [4.78, 5) is 21.3. The summed E-state index contributed by atoms with van der Waals surface area (Å²) in [5.74, 6) is 0.680. The number of para-hydroxylation sites is 1. The maximum absolute atomic E-state index is 13.1. The van der Waals surface area contributed by atoms with Crippen LogP contribution in [0.25, 0.3) is 33.2 Å². The number of benzene rings is 3. The van der Waals surface area contributed by atoms with Gasteiger partial charge in [-0.1, -0.05) is 23.7 Å². The summed E-state index contributed by atoms with van der Waals surface area (Å²) in [7, 11) is 1.71. The van der Waals surface area contributed by atoms with Gasteiger partial charge in [0.25, 0.3) is 5.56 Å². The Morgan fingerprint density at radius 2 is 1.92 bits per heavy atom. The number of H-pyrrole nitrogens is 1. The van der Waals surface area contributed by atoms with E-state index in [0.717, 1.165) is 38.9 Å². The summed E-state index contributed by atoms with van der Waals surface area (Å²) in [6.45, 7) is 3.89. The number of rotatable bonds is 2. The molecule has 0 bridgehead atoms. The fraction of sp³-hybridized carbons (Fsp3) is 0.138. The Bertz CT molecular complexity index is 1910. The lowest BCUT2D eigenvalue weighted by molar-refractivity contribution is 0.391. The van der Waals surface area contributed by atoms with Crippen LogP contribution in [0.1, 0.15) is 28.3 Å². The van der Waals surface area contributed by atoms with Crippen LogP contribution >= 0.6 is 11.6 Å². The highest BCUT2D eigenvalue weighted by molar-refractivity contribution is 6.31. The molecule has 0 aliphatic carbocycles. The minimum Gasteiger partial charge on any atom is -0.440 e. The number of nitrogens with zero attached hydrogens (tertiary/aromatic N) is 3. The third kappa shape index (κ3) is 3.41. The number of aromatic amines is 1. The predicted molar refractivity (Wildman–Crippen MR) is 145 cm³/mol. The van der Waals surface area contributed by atoms with Crippen LogP contribution in [0.2, 0.25) is 5.02 Å². The number of hydrogen-bond donors (Lipinski definition) is 2. The molecule has 5 aromatic rings. The van der Waals surface area contributed by atoms with Crippen molar-refractivity contribution < 1.29 is 4.74 Å². The second-order valence-electron chi connectivity index (χ2n) is 9.31. The molecule has 182 valence electrons. The molecule has 1 aliphatic heterocycles. The molecule has 0 saturated carbocycles. The number of ether oxygens (including phenoxy) is 1. The number of aryl methyl sites for hydroxylation is 2. The third-order valence-electron chi connectivity index (χ3n) is 7.03. The van der Waals surface area contributed by atoms with Crippen molar-refractivity contribution in [2.24, 2.45) is 12.8 Å². The van der Waals surface area contributed by atoms with Crippen LogP contribution in [-0.4, -0.2) is 14.5 Å². The third-order valence-corrected chi connectivity index (χ3v) is 7.26. The summed E-state index contributed by atoms with van der Waals surface area (Å²) in [5, 5.41) is 12.2. The van der Waals surface area contributed by atoms with Crippen molar-refractivity contribution in [3.63, 3.8) is 0 Å². The lowest BCUT2D eigenvalue weighted by Crippen LogP contribution is -2.23. The zero-order chi connectivity index (χ0) is 26.0. The molecule has 8 heteroatoms. The van der Waals surface area contributed by atoms with E-state index in [1.54, 1.807) is 17.7 Å². The highest BCUT2D eigenvalue weighted by atomic mass is 35.5. The van der Waals surface area contributed by atoms with Crippen LogP contribution in [0.3, 0.4) is 0 Å². The average molecular weight is 508 g/mol. The molecule has 1 atom stereocenters. The van der Waals surface area contributed by atoms with Gasteiger partial charge in [-0.3, -0.25) is 9.36 Å². The van der Waals surface area contributed by atoms with Crippen molar-refractivity contribution >= 4 is 33.4 Å². The van der Waals surface area contributed by atoms with Crippen LogP contribution in [0.4, 0.5) is 0 Å². The number of allylic oxidation sites excluding steroid dienone is 1. The fourth-order valence-corrected chi connectivity index (χ4v) is 5.51. The Kier molecular flexibility index (Phi) is 5.11. The standard InChI is InChI=1S/C29H22ClN5O2/c1-14-10-16(28-34-22-7-5-4-6-18(22)29(36)35(28)3)11-20-25(21(13-31)27(32)37-26(14)20)24-15(2)33-23-9-8-17(30)12-19(23)24/h4-12,25,33H,32H2,1-3H3. The zero-order valence-electron chi connectivity index (χ0n) is 20.4. The summed E-state index contributed by atoms with van der Waals surface area (Å²) in [6.07, 6.45) is 0. The van der Waals surface area contributed by atoms with E-state index < -0.39 is 5.92 Å². The van der Waals surface area contributed by atoms with E-state index in [2.05, 4.69) is 11.1 Å². The molecule has 1 unspecified atom stereocenters. The van der Waals surface area contributed by atoms with E-state index in [1.165, 1.54) is 0 Å². The Morgan fingerprint density at radius 1 is 1.14 bits per heavy atom. The summed E-state index contributed by atoms with van der Waals surface area (Å²) in [5.41, 5.74) is 12.1. The van der Waals surface area contributed by atoms with Gasteiger partial charge in [0.2, 0.25) is 5.88 Å². The average Bonchev–Trinajstić information content (AvgIpc) is 3.20. The molecule has 0 radical (unpaired) electrons. The first kappa shape index (κ1) is 22.9. The number of nitriles is 1. The molecule has 0 amide bonds. The Balaban J connectivity index is 1.66. The van der Waals surface area contributed by atoms with Crippen LogP contribution in [0.15, 0.2) is 70.8 Å². The first-order chi connectivity index (χ1) is 17.8. The lowest BCUT2D eigenvalue weighted by Gasteiger charge is -2.28. The fourth-order valence-electron chi connectivity index (χ4n) is 5.33. The Hall–Kier alpha value is -4.54. The number of hydrogen-bond acceptors (Lipinski definition) is 5. The molecule has 1 aliphatic rings. The normalized spacial score (nSPS) is 15.1. The molecule has 3 N–H and O–H groups in total. The first-order valence-electron chi connectivity index (χ1n) is 11.7. The van der Waals surface area contributed by atoms with Crippen molar-refractivity contribution in [1.82, 2.24) is 14.5 Å². The minimum absolute atomic E-state index is 0.0721. The van der Waals surface area contributed by atoms with E-state index in [-0.39, 0.29) is 11.4 Å². The molecule has 3 heterocycles. The number of nitrogens with two attached hydrogens (primary N) is 1. The second-order valence-corrected chi connectivity index (χ2v) is 9.74. The smallest absolute Gasteiger partial charge is 0.261 e. The maximum atomic E-state index is 13.1. The van der Waals surface area contributed by atoms with Crippen molar-refractivity contribution in [3.05, 3.63) is 104 Å². The minimum atomic E-state index is -0.503. The van der Waals surface area contributed by atoms with Crippen LogP contribution in [0, 0.1) is 25.2 Å². The molecule has 37 heavy (non-hydrogen) atoms. The molecular formula is C29H22ClN5O2. The van der Waals surface area contributed by atoms with Gasteiger partial charge in [0.15, 0.2) is 0 Å². The molecular weight excluding hydrogens is 486 g/mol. The van der Waals surface area contributed by atoms with Gasteiger partial charge >= 0.3 is 0 Å². The molecule has 6 rings (SSSR count). The van der Waals surface area contributed by atoms with Crippen LogP contribution in [0.5, 0.6) is 5.75 Å². The van der Waals surface area contributed by atoms with Gasteiger partial charge in [0.05, 0.1) is 16.8 Å². The first-order valence-corrected chi connectivity index (χ1v) is 12.1. The highest BCUT2D eigenvalue weighted by Gasteiger charge is 2.35. The van der Waals surface area contributed by atoms with Gasteiger partial charge in [-0.2, -0.15) is 5.26 Å². The van der Waals surface area contributed by atoms with Gasteiger partial charge in [-0.25, -0.2) is 4.98 Å². The quantitative estimate of drug-likeness (QED) is 0.324. The number of nitrogens with one attached hydrogen (secondary N) is 1.